The number of cyclic esters (lactones) is 1. The van der Waals surface area contributed by atoms with Crippen molar-refractivity contribution < 1.29 is 24.2 Å². The van der Waals surface area contributed by atoms with E-state index in [1.807, 2.05) is 0 Å². The van der Waals surface area contributed by atoms with Crippen molar-refractivity contribution in [1.82, 2.24) is 0 Å². The normalized spacial score (nSPS) is 41.7. The fourth-order valence-electron chi connectivity index (χ4n) is 1.91. The first kappa shape index (κ1) is 10.6. The van der Waals surface area contributed by atoms with E-state index in [4.69, 9.17) is 9.47 Å². The van der Waals surface area contributed by atoms with E-state index in [2.05, 4.69) is 0 Å². The van der Waals surface area contributed by atoms with E-state index in [1.165, 1.54) is 0 Å². The van der Waals surface area contributed by atoms with E-state index >= 15 is 0 Å². The van der Waals surface area contributed by atoms with Crippen LogP contribution < -0.4 is 0 Å². The fraction of sp³-hybridized carbons (Fsp3) is 0.800. The van der Waals surface area contributed by atoms with Crippen molar-refractivity contribution in [3.63, 3.8) is 0 Å². The Kier molecular flexibility index (Phi) is 2.75. The number of carbonyl (C=O) groups is 2. The van der Waals surface area contributed by atoms with Gasteiger partial charge in [-0.2, -0.15) is 0 Å². The zero-order valence-electron chi connectivity index (χ0n) is 8.51. The monoisotopic (exact) mass is 225 g/mol. The van der Waals surface area contributed by atoms with Crippen molar-refractivity contribution in [2.24, 2.45) is 0 Å². The predicted octanol–water partition coefficient (Wildman–Crippen LogP) is -0.201. The van der Waals surface area contributed by atoms with Crippen LogP contribution >= 0.6 is 0 Å². The Bertz CT molecular complexity index is 288. The topological polar surface area (TPSA) is 76.1 Å². The van der Waals surface area contributed by atoms with Gasteiger partial charge in [0.2, 0.25) is 0 Å². The summed E-state index contributed by atoms with van der Waals surface area (Å²) in [5.74, 6) is -0.811. The average molecular weight is 225 g/mol. The number of esters is 1. The fourth-order valence-corrected chi connectivity index (χ4v) is 1.91. The van der Waals surface area contributed by atoms with E-state index in [1.54, 1.807) is 6.92 Å². The summed E-state index contributed by atoms with van der Waals surface area (Å²) < 4.78 is 10.2. The molecule has 84 valence electrons. The molecule has 0 spiro atoms. The number of hydrogen-bond acceptors (Lipinski definition) is 5. The molecule has 4 atom stereocenters. The second kappa shape index (κ2) is 3.90. The molecule has 2 heterocycles. The average Bonchev–Trinajstić information content (AvgIpc) is 2.80. The molecule has 5 nitrogen and oxygen atoms in total. The third-order valence-electron chi connectivity index (χ3n) is 2.68. The Balaban J connectivity index is 2.02. The Labute approximate surface area is 87.4 Å². The highest BCUT2D eigenvalue weighted by molar-refractivity contribution is 5.95. The van der Waals surface area contributed by atoms with Gasteiger partial charge in [0.05, 0.1) is 12.2 Å². The predicted molar refractivity (Wildman–Crippen MR) is 49.1 cm³/mol. The molecule has 2 fully saturated rings. The number of ketones is 1. The number of carbonyl (C=O) groups excluding carboxylic acids is 2. The molecule has 0 saturated carbocycles. The van der Waals surface area contributed by atoms with Gasteiger partial charge in [0.15, 0.2) is 0 Å². The van der Waals surface area contributed by atoms with Crippen LogP contribution in [0.3, 0.4) is 0 Å². The molecule has 1 N–H and O–H groups in total. The van der Waals surface area contributed by atoms with Crippen molar-refractivity contribution in [2.45, 2.75) is 50.6 Å². The molecule has 0 bridgehead atoms. The first-order chi connectivity index (χ1) is 7.06. The van der Waals surface area contributed by atoms with Gasteiger partial charge in [-0.05, 0) is 6.92 Å². The van der Waals surface area contributed by atoms with E-state index in [0.29, 0.717) is 6.42 Å². The van der Waals surface area contributed by atoms with Crippen molar-refractivity contribution in [3.05, 3.63) is 0 Å². The Morgan fingerprint density at radius 1 is 1.47 bits per heavy atom. The van der Waals surface area contributed by atoms with Crippen LogP contribution in [0.4, 0.5) is 0 Å². The molecule has 2 rings (SSSR count). The third kappa shape index (κ3) is 2.54. The number of hydrogen-bond donors (Lipinski definition) is 1. The summed E-state index contributed by atoms with van der Waals surface area (Å²) in [7, 11) is 0. The molecule has 2 aliphatic rings. The maximum Gasteiger partial charge on any atom is 0.313 e. The number of epoxide rings is 1. The van der Waals surface area contributed by atoms with E-state index < -0.39 is 12.1 Å². The summed E-state index contributed by atoms with van der Waals surface area (Å²) in [4.78, 5) is 22.5. The molecular formula is C10H14O5. The summed E-state index contributed by atoms with van der Waals surface area (Å²) in [6, 6.07) is 0. The highest BCUT2D eigenvalue weighted by Gasteiger charge is 2.46. The maximum absolute atomic E-state index is 11.3. The molecule has 0 aromatic heterocycles. The molecule has 0 aliphatic carbocycles. The summed E-state index contributed by atoms with van der Waals surface area (Å²) >= 11 is 0. The first-order valence-electron chi connectivity index (χ1n) is 5.11. The molecule has 5 heteroatoms. The second-order valence-electron chi connectivity index (χ2n) is 4.16. The van der Waals surface area contributed by atoms with E-state index in [-0.39, 0.29) is 36.9 Å². The van der Waals surface area contributed by atoms with Crippen LogP contribution in [-0.2, 0) is 19.1 Å². The highest BCUT2D eigenvalue weighted by atomic mass is 18.4. The minimum Gasteiger partial charge on any atom is -0.462 e. The van der Waals surface area contributed by atoms with Crippen LogP contribution in [0.1, 0.15) is 26.2 Å². The van der Waals surface area contributed by atoms with Gasteiger partial charge in [-0.3, -0.25) is 9.59 Å². The quantitative estimate of drug-likeness (QED) is 0.203. The number of Topliss-reactive ketones (excluding diaryl/α,β-unsaturated/α-hetero) is 1. The lowest BCUT2D eigenvalue weighted by atomic mass is 10.5. The van der Waals surface area contributed by atoms with Gasteiger partial charge >= 0.3 is 5.97 Å². The van der Waals surface area contributed by atoms with Crippen molar-refractivity contribution >= 4 is 11.8 Å². The molecule has 0 amide bonds. The van der Waals surface area contributed by atoms with Gasteiger partial charge in [0.1, 0.15) is 24.4 Å². The molecule has 0 aromatic rings. The van der Waals surface area contributed by atoms with E-state index in [0.717, 1.165) is 0 Å². The number of rotatable bonds is 0. The summed E-state index contributed by atoms with van der Waals surface area (Å²) in [5, 5.41) is 9.59. The smallest absolute Gasteiger partial charge is 0.313 e. The molecule has 0 unspecified atom stereocenters. The lowest BCUT2D eigenvalue weighted by molar-refractivity contribution is -0.150. The van der Waals surface area contributed by atoms with Crippen LogP contribution in [0.2, 0.25) is 0 Å². The number of aliphatic hydroxyl groups excluding tert-OH is 1. The van der Waals surface area contributed by atoms with Gasteiger partial charge in [-0.25, -0.2) is 0 Å². The number of ether oxygens (including phenoxy) is 2. The minimum absolute atomic E-state index is 0.0232. The number of fused-ring (bicyclic) bond motifs is 1. The standard InChI is InChI=1S/C10H14O5/c1-5-2-8-10(15-8)7(12)3-6(11)4-9(13)14-5/h5,7-8,10,12H,2-4H2,1H3/t5-,7+,8+,10-/m1/s1/i5+1,6+1,7+1,8+1,9+1,11+2,13+2,14+2. The molecule has 0 radical (unpaired) electrons. The summed E-state index contributed by atoms with van der Waals surface area (Å²) in [5.41, 5.74) is 0. The van der Waals surface area contributed by atoms with Crippen LogP contribution in [0.15, 0.2) is 0 Å². The van der Waals surface area contributed by atoms with Crippen LogP contribution in [0.5, 0.6) is 0 Å². The van der Waals surface area contributed by atoms with Crippen LogP contribution in [0.25, 0.3) is 0 Å². The Morgan fingerprint density at radius 2 is 2.20 bits per heavy atom. The lowest BCUT2D eigenvalue weighted by Crippen LogP contribution is -2.27. The maximum atomic E-state index is 11.3. The molecule has 0 aromatic carbocycles. The van der Waals surface area contributed by atoms with Crippen LogP contribution in [-0.4, -0.2) is 41.3 Å². The molecule has 15 heavy (non-hydrogen) atoms. The van der Waals surface area contributed by atoms with E-state index in [9.17, 15) is 14.7 Å². The Morgan fingerprint density at radius 3 is 2.93 bits per heavy atom. The molecular weight excluding hydrogens is 211 g/mol. The van der Waals surface area contributed by atoms with Gasteiger partial charge in [-0.1, -0.05) is 0 Å². The highest BCUT2D eigenvalue weighted by Crippen LogP contribution is 2.32. The number of aliphatic hydroxyl groups is 1. The lowest BCUT2D eigenvalue weighted by Gasteiger charge is -2.14. The largest absolute Gasteiger partial charge is 0.462 e. The zero-order valence-corrected chi connectivity index (χ0v) is 8.51. The van der Waals surface area contributed by atoms with Crippen LogP contribution in [0, 0.1) is 0 Å². The first-order valence-corrected chi connectivity index (χ1v) is 5.11. The van der Waals surface area contributed by atoms with Crippen molar-refractivity contribution in [2.75, 3.05) is 0 Å². The summed E-state index contributed by atoms with van der Waals surface area (Å²) in [6.07, 6.45) is -1.06. The Hall–Kier alpha value is -0.940. The van der Waals surface area contributed by atoms with Gasteiger partial charge in [0.25, 0.3) is 0 Å². The minimum atomic E-state index is -0.777. The van der Waals surface area contributed by atoms with Gasteiger partial charge in [-0.15, -0.1) is 0 Å². The van der Waals surface area contributed by atoms with Crippen molar-refractivity contribution in [1.29, 1.82) is 0 Å². The van der Waals surface area contributed by atoms with Crippen molar-refractivity contribution in [3.8, 4) is 0 Å². The second-order valence-corrected chi connectivity index (χ2v) is 4.16. The molecule has 2 saturated heterocycles. The summed E-state index contributed by atoms with van der Waals surface area (Å²) in [6.45, 7) is 1.76. The molecule has 2 aliphatic heterocycles. The third-order valence-corrected chi connectivity index (χ3v) is 2.68. The SMILES string of the molecule is C[13C@@H]1C[13C@@H]2O[C@@H]2[13C@@H](O)C[13C](=[18O])C[13C](=[18O])[18O]1. The van der Waals surface area contributed by atoms with Gasteiger partial charge < -0.3 is 14.6 Å². The zero-order chi connectivity index (χ0) is 11.0. The van der Waals surface area contributed by atoms with Gasteiger partial charge in [0, 0.05) is 12.8 Å².